The maximum absolute atomic E-state index is 13.2. The zero-order valence-corrected chi connectivity index (χ0v) is 10.7. The molecule has 0 amide bonds. The molecule has 2 aromatic carbocycles. The van der Waals surface area contributed by atoms with Gasteiger partial charge in [-0.2, -0.15) is 0 Å². The lowest BCUT2D eigenvalue weighted by Crippen LogP contribution is -2.07. The smallest absolute Gasteiger partial charge is 0.159 e. The second-order valence-corrected chi connectivity index (χ2v) is 4.54. The Balaban J connectivity index is 2.17. The van der Waals surface area contributed by atoms with Gasteiger partial charge in [-0.15, -0.1) is 0 Å². The number of aromatic hydroxyl groups is 1. The Morgan fingerprint density at radius 1 is 1.05 bits per heavy atom. The lowest BCUT2D eigenvalue weighted by atomic mass is 10.1. The van der Waals surface area contributed by atoms with Gasteiger partial charge < -0.3 is 10.4 Å². The van der Waals surface area contributed by atoms with Crippen LogP contribution < -0.4 is 5.32 Å². The van der Waals surface area contributed by atoms with Gasteiger partial charge in [0.05, 0.1) is 0 Å². The van der Waals surface area contributed by atoms with Gasteiger partial charge >= 0.3 is 0 Å². The number of phenolic OH excluding ortho intramolecular Hbond substituents is 1. The van der Waals surface area contributed by atoms with Gasteiger partial charge in [0.1, 0.15) is 5.75 Å². The molecule has 1 atom stereocenters. The van der Waals surface area contributed by atoms with E-state index in [0.29, 0.717) is 5.56 Å². The van der Waals surface area contributed by atoms with Crippen LogP contribution in [0.2, 0.25) is 0 Å². The van der Waals surface area contributed by atoms with Crippen LogP contribution in [-0.4, -0.2) is 5.11 Å². The number of anilines is 1. The second kappa shape index (κ2) is 5.26. The van der Waals surface area contributed by atoms with Crippen molar-refractivity contribution in [1.29, 1.82) is 0 Å². The number of phenols is 1. The van der Waals surface area contributed by atoms with Crippen LogP contribution in [0, 0.1) is 18.6 Å². The maximum atomic E-state index is 13.2. The summed E-state index contributed by atoms with van der Waals surface area (Å²) < 4.78 is 26.0. The minimum atomic E-state index is -0.863. The zero-order valence-electron chi connectivity index (χ0n) is 10.7. The van der Waals surface area contributed by atoms with Crippen LogP contribution in [-0.2, 0) is 0 Å². The van der Waals surface area contributed by atoms with Crippen LogP contribution in [0.4, 0.5) is 14.5 Å². The molecule has 2 nitrogen and oxygen atoms in total. The van der Waals surface area contributed by atoms with Gasteiger partial charge in [0.25, 0.3) is 0 Å². The largest absolute Gasteiger partial charge is 0.508 e. The first kappa shape index (κ1) is 13.3. The van der Waals surface area contributed by atoms with Gasteiger partial charge in [0.2, 0.25) is 0 Å². The summed E-state index contributed by atoms with van der Waals surface area (Å²) in [4.78, 5) is 0. The van der Waals surface area contributed by atoms with Gasteiger partial charge in [0.15, 0.2) is 11.6 Å². The molecule has 2 rings (SSSR count). The molecule has 0 spiro atoms. The predicted octanol–water partition coefficient (Wildman–Crippen LogP) is 4.15. The number of rotatable bonds is 3. The molecule has 100 valence electrons. The van der Waals surface area contributed by atoms with Crippen molar-refractivity contribution in [2.45, 2.75) is 19.9 Å². The van der Waals surface area contributed by atoms with Crippen molar-refractivity contribution in [3.05, 3.63) is 59.2 Å². The van der Waals surface area contributed by atoms with E-state index in [2.05, 4.69) is 5.32 Å². The summed E-state index contributed by atoms with van der Waals surface area (Å²) in [6, 6.07) is 8.82. The summed E-state index contributed by atoms with van der Waals surface area (Å²) >= 11 is 0. The topological polar surface area (TPSA) is 32.3 Å². The Morgan fingerprint density at radius 3 is 2.42 bits per heavy atom. The fourth-order valence-corrected chi connectivity index (χ4v) is 1.81. The maximum Gasteiger partial charge on any atom is 0.159 e. The van der Waals surface area contributed by atoms with E-state index in [0.717, 1.165) is 17.3 Å². The third-order valence-corrected chi connectivity index (χ3v) is 3.04. The lowest BCUT2D eigenvalue weighted by molar-refractivity contribution is 0.471. The van der Waals surface area contributed by atoms with Crippen molar-refractivity contribution >= 4 is 5.69 Å². The molecule has 0 saturated carbocycles. The van der Waals surface area contributed by atoms with Crippen LogP contribution in [0.25, 0.3) is 0 Å². The minimum Gasteiger partial charge on any atom is -0.508 e. The lowest BCUT2D eigenvalue weighted by Gasteiger charge is -2.16. The molecule has 4 heteroatoms. The monoisotopic (exact) mass is 263 g/mol. The second-order valence-electron chi connectivity index (χ2n) is 4.54. The average molecular weight is 263 g/mol. The SMILES string of the molecule is Cc1ccc(NC(C)c2ccc(F)c(F)c2)cc1O. The molecular formula is C15H15F2NO. The quantitative estimate of drug-likeness (QED) is 0.871. The van der Waals surface area contributed by atoms with Crippen LogP contribution in [0.3, 0.4) is 0 Å². The molecule has 0 aliphatic heterocycles. The van der Waals surface area contributed by atoms with Crippen LogP contribution in [0.5, 0.6) is 5.75 Å². The van der Waals surface area contributed by atoms with Gasteiger partial charge in [-0.05, 0) is 43.2 Å². The highest BCUT2D eigenvalue weighted by Crippen LogP contribution is 2.25. The summed E-state index contributed by atoms with van der Waals surface area (Å²) in [6.07, 6.45) is 0. The fourth-order valence-electron chi connectivity index (χ4n) is 1.81. The molecule has 0 aliphatic rings. The van der Waals surface area contributed by atoms with Crippen molar-refractivity contribution in [2.75, 3.05) is 5.32 Å². The molecule has 0 fully saturated rings. The Hall–Kier alpha value is -2.10. The van der Waals surface area contributed by atoms with Crippen LogP contribution in [0.1, 0.15) is 24.1 Å². The normalized spacial score (nSPS) is 12.2. The summed E-state index contributed by atoms with van der Waals surface area (Å²) in [6.45, 7) is 3.64. The molecule has 0 heterocycles. The Labute approximate surface area is 110 Å². The fraction of sp³-hybridized carbons (Fsp3) is 0.200. The molecule has 0 aromatic heterocycles. The van der Waals surface area contributed by atoms with E-state index in [4.69, 9.17) is 0 Å². The molecule has 2 N–H and O–H groups in total. The molecule has 2 aromatic rings. The van der Waals surface area contributed by atoms with Crippen LogP contribution >= 0.6 is 0 Å². The minimum absolute atomic E-state index is 0.197. The van der Waals surface area contributed by atoms with Crippen molar-refractivity contribution in [1.82, 2.24) is 0 Å². The molecule has 19 heavy (non-hydrogen) atoms. The highest BCUT2D eigenvalue weighted by atomic mass is 19.2. The van der Waals surface area contributed by atoms with E-state index in [-0.39, 0.29) is 11.8 Å². The molecule has 0 saturated heterocycles. The summed E-state index contributed by atoms with van der Waals surface area (Å²) in [5, 5.41) is 12.7. The van der Waals surface area contributed by atoms with Crippen molar-refractivity contribution in [2.24, 2.45) is 0 Å². The van der Waals surface area contributed by atoms with Crippen molar-refractivity contribution < 1.29 is 13.9 Å². The average Bonchev–Trinajstić information content (AvgIpc) is 2.37. The third kappa shape index (κ3) is 3.02. The third-order valence-electron chi connectivity index (χ3n) is 3.04. The molecule has 0 radical (unpaired) electrons. The first-order chi connectivity index (χ1) is 8.97. The first-order valence-corrected chi connectivity index (χ1v) is 5.98. The number of aryl methyl sites for hydroxylation is 1. The highest BCUT2D eigenvalue weighted by molar-refractivity contribution is 5.52. The molecular weight excluding hydrogens is 248 g/mol. The number of halogens is 2. The summed E-state index contributed by atoms with van der Waals surface area (Å²) in [5.74, 6) is -1.52. The summed E-state index contributed by atoms with van der Waals surface area (Å²) in [7, 11) is 0. The molecule has 0 bridgehead atoms. The standard InChI is InChI=1S/C15H15F2NO/c1-9-3-5-12(8-15(9)19)18-10(2)11-4-6-13(16)14(17)7-11/h3-8,10,18-19H,1-2H3. The zero-order chi connectivity index (χ0) is 14.0. The van der Waals surface area contributed by atoms with Gasteiger partial charge in [-0.25, -0.2) is 8.78 Å². The van der Waals surface area contributed by atoms with Gasteiger partial charge in [-0.1, -0.05) is 12.1 Å². The van der Waals surface area contributed by atoms with Crippen molar-refractivity contribution in [3.63, 3.8) is 0 Å². The number of hydrogen-bond donors (Lipinski definition) is 2. The Bertz CT molecular complexity index is 599. The van der Waals surface area contributed by atoms with Gasteiger partial charge in [0, 0.05) is 17.8 Å². The highest BCUT2D eigenvalue weighted by Gasteiger charge is 2.09. The summed E-state index contributed by atoms with van der Waals surface area (Å²) in [5.41, 5.74) is 2.14. The van der Waals surface area contributed by atoms with E-state index in [9.17, 15) is 13.9 Å². The molecule has 1 unspecified atom stereocenters. The van der Waals surface area contributed by atoms with Crippen molar-refractivity contribution in [3.8, 4) is 5.75 Å². The predicted molar refractivity (Wildman–Crippen MR) is 71.2 cm³/mol. The van der Waals surface area contributed by atoms with E-state index in [1.807, 2.05) is 13.0 Å². The number of benzene rings is 2. The van der Waals surface area contributed by atoms with E-state index in [1.165, 1.54) is 12.1 Å². The van der Waals surface area contributed by atoms with Gasteiger partial charge in [-0.3, -0.25) is 0 Å². The first-order valence-electron chi connectivity index (χ1n) is 5.98. The number of hydrogen-bond acceptors (Lipinski definition) is 2. The van der Waals surface area contributed by atoms with Crippen LogP contribution in [0.15, 0.2) is 36.4 Å². The van der Waals surface area contributed by atoms with E-state index in [1.54, 1.807) is 19.1 Å². The van der Waals surface area contributed by atoms with E-state index < -0.39 is 11.6 Å². The molecule has 0 aliphatic carbocycles. The Morgan fingerprint density at radius 2 is 1.79 bits per heavy atom. The van der Waals surface area contributed by atoms with E-state index >= 15 is 0 Å². The Kier molecular flexibility index (Phi) is 3.69. The number of nitrogens with one attached hydrogen (secondary N) is 1.